The van der Waals surface area contributed by atoms with Gasteiger partial charge in [0.25, 0.3) is 0 Å². The molecule has 2 atom stereocenters. The maximum absolute atomic E-state index is 13.9. The Labute approximate surface area is 165 Å². The molecule has 1 aliphatic rings. The topological polar surface area (TPSA) is 65.3 Å². The normalized spacial score (nSPS) is 18.1. The standard InChI is InChI=1S/C23H28FN3O/c1-2-18(21-13-26-22-9-8-16(24)11-20(21)22)19-7-3-5-15(12-25)23(19)27-10-4-6-17(27)14-28/h3,5,7-9,11,13,17-18,26,28H,2,4,6,10,12,14,25H2,1H3/t17-,18+/m0/s1. The Morgan fingerprint density at radius 3 is 2.89 bits per heavy atom. The van der Waals surface area contributed by atoms with Gasteiger partial charge in [0, 0.05) is 41.8 Å². The zero-order chi connectivity index (χ0) is 19.7. The summed E-state index contributed by atoms with van der Waals surface area (Å²) in [6.07, 6.45) is 4.95. The van der Waals surface area contributed by atoms with Crippen LogP contribution in [0.3, 0.4) is 0 Å². The summed E-state index contributed by atoms with van der Waals surface area (Å²) in [5, 5.41) is 10.8. The molecule has 28 heavy (non-hydrogen) atoms. The quantitative estimate of drug-likeness (QED) is 0.597. The number of halogens is 1. The molecule has 2 aromatic carbocycles. The highest BCUT2D eigenvalue weighted by Gasteiger charge is 2.30. The van der Waals surface area contributed by atoms with Crippen LogP contribution in [-0.2, 0) is 6.54 Å². The number of aromatic amines is 1. The molecule has 0 bridgehead atoms. The van der Waals surface area contributed by atoms with Crippen molar-refractivity contribution in [3.05, 3.63) is 65.1 Å². The van der Waals surface area contributed by atoms with E-state index in [-0.39, 0.29) is 24.4 Å². The van der Waals surface area contributed by atoms with Crippen molar-refractivity contribution in [2.45, 2.75) is 44.7 Å². The van der Waals surface area contributed by atoms with Crippen molar-refractivity contribution >= 4 is 16.6 Å². The second kappa shape index (κ2) is 7.94. The van der Waals surface area contributed by atoms with Gasteiger partial charge in [-0.2, -0.15) is 0 Å². The zero-order valence-electron chi connectivity index (χ0n) is 16.3. The molecule has 5 heteroatoms. The van der Waals surface area contributed by atoms with E-state index in [0.717, 1.165) is 53.5 Å². The molecule has 1 aromatic heterocycles. The molecule has 0 saturated carbocycles. The van der Waals surface area contributed by atoms with Gasteiger partial charge in [-0.1, -0.05) is 25.1 Å². The third kappa shape index (κ3) is 3.19. The SMILES string of the molecule is CC[C@H](c1cccc(CN)c1N1CCC[C@H]1CO)c1c[nH]c2ccc(F)cc12. The largest absolute Gasteiger partial charge is 0.394 e. The first-order valence-corrected chi connectivity index (χ1v) is 10.1. The number of nitrogens with one attached hydrogen (secondary N) is 1. The monoisotopic (exact) mass is 381 g/mol. The minimum atomic E-state index is -0.223. The first kappa shape index (κ1) is 19.0. The summed E-state index contributed by atoms with van der Waals surface area (Å²) in [7, 11) is 0. The fourth-order valence-electron chi connectivity index (χ4n) is 4.74. The van der Waals surface area contributed by atoms with E-state index in [9.17, 15) is 9.50 Å². The molecule has 148 valence electrons. The van der Waals surface area contributed by atoms with Crippen LogP contribution in [0, 0.1) is 5.82 Å². The van der Waals surface area contributed by atoms with E-state index < -0.39 is 0 Å². The Bertz CT molecular complexity index is 968. The van der Waals surface area contributed by atoms with Gasteiger partial charge >= 0.3 is 0 Å². The van der Waals surface area contributed by atoms with Gasteiger partial charge in [-0.25, -0.2) is 4.39 Å². The van der Waals surface area contributed by atoms with E-state index >= 15 is 0 Å². The molecule has 0 radical (unpaired) electrons. The Hall–Kier alpha value is -2.37. The van der Waals surface area contributed by atoms with Crippen molar-refractivity contribution in [3.8, 4) is 0 Å². The lowest BCUT2D eigenvalue weighted by molar-refractivity contribution is 0.266. The fourth-order valence-corrected chi connectivity index (χ4v) is 4.74. The minimum absolute atomic E-state index is 0.122. The highest BCUT2D eigenvalue weighted by molar-refractivity contribution is 5.85. The first-order chi connectivity index (χ1) is 13.7. The molecule has 4 nitrogen and oxygen atoms in total. The van der Waals surface area contributed by atoms with Crippen molar-refractivity contribution in [3.63, 3.8) is 0 Å². The number of rotatable bonds is 6. The van der Waals surface area contributed by atoms with Gasteiger partial charge in [-0.05, 0) is 54.2 Å². The fraction of sp³-hybridized carbons (Fsp3) is 0.391. The molecule has 1 fully saturated rings. The molecule has 0 spiro atoms. The molecule has 4 N–H and O–H groups in total. The smallest absolute Gasteiger partial charge is 0.123 e. The Kier molecular flexibility index (Phi) is 5.38. The Morgan fingerprint density at radius 1 is 1.29 bits per heavy atom. The van der Waals surface area contributed by atoms with Crippen molar-refractivity contribution in [2.24, 2.45) is 5.73 Å². The number of H-pyrrole nitrogens is 1. The number of aliphatic hydroxyl groups is 1. The number of fused-ring (bicyclic) bond motifs is 1. The Balaban J connectivity index is 1.88. The lowest BCUT2D eigenvalue weighted by Gasteiger charge is -2.32. The molecule has 4 rings (SSSR count). The second-order valence-corrected chi connectivity index (χ2v) is 7.63. The number of benzene rings is 2. The summed E-state index contributed by atoms with van der Waals surface area (Å²) in [5.41, 5.74) is 11.6. The van der Waals surface area contributed by atoms with Crippen LogP contribution in [-0.4, -0.2) is 29.3 Å². The summed E-state index contributed by atoms with van der Waals surface area (Å²) >= 11 is 0. The lowest BCUT2D eigenvalue weighted by atomic mass is 9.86. The number of nitrogens with zero attached hydrogens (tertiary/aromatic N) is 1. The predicted molar refractivity (Wildman–Crippen MR) is 112 cm³/mol. The van der Waals surface area contributed by atoms with E-state index in [0.29, 0.717) is 6.54 Å². The number of nitrogens with two attached hydrogens (primary N) is 1. The number of hydrogen-bond donors (Lipinski definition) is 3. The van der Waals surface area contributed by atoms with Crippen LogP contribution in [0.2, 0.25) is 0 Å². The minimum Gasteiger partial charge on any atom is -0.394 e. The van der Waals surface area contributed by atoms with Crippen LogP contribution in [0.5, 0.6) is 0 Å². The number of aromatic nitrogens is 1. The van der Waals surface area contributed by atoms with Crippen LogP contribution in [0.25, 0.3) is 10.9 Å². The molecule has 0 amide bonds. The molecule has 3 aromatic rings. The van der Waals surface area contributed by atoms with E-state index in [1.54, 1.807) is 12.1 Å². The maximum Gasteiger partial charge on any atom is 0.123 e. The van der Waals surface area contributed by atoms with Gasteiger partial charge in [0.05, 0.1) is 12.6 Å². The molecule has 1 saturated heterocycles. The van der Waals surface area contributed by atoms with Gasteiger partial charge in [-0.15, -0.1) is 0 Å². The summed E-state index contributed by atoms with van der Waals surface area (Å²) in [4.78, 5) is 5.62. The zero-order valence-corrected chi connectivity index (χ0v) is 16.3. The summed E-state index contributed by atoms with van der Waals surface area (Å²) in [6.45, 7) is 3.69. The highest BCUT2D eigenvalue weighted by Crippen LogP contribution is 2.41. The number of anilines is 1. The van der Waals surface area contributed by atoms with Crippen LogP contribution in [0.1, 0.15) is 48.8 Å². The van der Waals surface area contributed by atoms with Gasteiger partial charge < -0.3 is 20.7 Å². The third-order valence-electron chi connectivity index (χ3n) is 6.08. The van der Waals surface area contributed by atoms with Crippen molar-refractivity contribution in [1.82, 2.24) is 4.98 Å². The van der Waals surface area contributed by atoms with E-state index in [1.807, 2.05) is 6.20 Å². The van der Waals surface area contributed by atoms with Crippen LogP contribution in [0.4, 0.5) is 10.1 Å². The average Bonchev–Trinajstić information content (AvgIpc) is 3.35. The van der Waals surface area contributed by atoms with Crippen LogP contribution >= 0.6 is 0 Å². The third-order valence-corrected chi connectivity index (χ3v) is 6.08. The molecule has 2 heterocycles. The summed E-state index contributed by atoms with van der Waals surface area (Å²) in [5.74, 6) is -0.101. The van der Waals surface area contributed by atoms with Crippen molar-refractivity contribution < 1.29 is 9.50 Å². The van der Waals surface area contributed by atoms with Crippen molar-refractivity contribution in [2.75, 3.05) is 18.1 Å². The summed E-state index contributed by atoms with van der Waals surface area (Å²) in [6, 6.07) is 11.3. The molecule has 0 aliphatic carbocycles. The number of para-hydroxylation sites is 1. The van der Waals surface area contributed by atoms with Gasteiger partial charge in [0.1, 0.15) is 5.82 Å². The van der Waals surface area contributed by atoms with Gasteiger partial charge in [0.15, 0.2) is 0 Å². The highest BCUT2D eigenvalue weighted by atomic mass is 19.1. The second-order valence-electron chi connectivity index (χ2n) is 7.63. The average molecular weight is 381 g/mol. The van der Waals surface area contributed by atoms with Crippen LogP contribution < -0.4 is 10.6 Å². The number of aliphatic hydroxyl groups excluding tert-OH is 1. The summed E-state index contributed by atoms with van der Waals surface area (Å²) < 4.78 is 13.9. The Morgan fingerprint density at radius 2 is 2.14 bits per heavy atom. The number of hydrogen-bond acceptors (Lipinski definition) is 3. The molecule has 1 aliphatic heterocycles. The van der Waals surface area contributed by atoms with Gasteiger partial charge in [0.2, 0.25) is 0 Å². The van der Waals surface area contributed by atoms with E-state index in [4.69, 9.17) is 5.73 Å². The predicted octanol–water partition coefficient (Wildman–Crippen LogP) is 4.27. The van der Waals surface area contributed by atoms with Gasteiger partial charge in [-0.3, -0.25) is 0 Å². The molecular weight excluding hydrogens is 353 g/mol. The van der Waals surface area contributed by atoms with Crippen molar-refractivity contribution in [1.29, 1.82) is 0 Å². The molecule has 0 unspecified atom stereocenters. The maximum atomic E-state index is 13.9. The van der Waals surface area contributed by atoms with E-state index in [2.05, 4.69) is 35.0 Å². The molecular formula is C23H28FN3O. The van der Waals surface area contributed by atoms with Crippen LogP contribution in [0.15, 0.2) is 42.6 Å². The first-order valence-electron chi connectivity index (χ1n) is 10.1. The lowest BCUT2D eigenvalue weighted by Crippen LogP contribution is -2.34. The van der Waals surface area contributed by atoms with E-state index in [1.165, 1.54) is 11.6 Å².